The molecule has 1 aliphatic carbocycles. The van der Waals surface area contributed by atoms with Gasteiger partial charge >= 0.3 is 0 Å². The fourth-order valence-corrected chi connectivity index (χ4v) is 4.96. The van der Waals surface area contributed by atoms with Crippen molar-refractivity contribution >= 4 is 33.0 Å². The van der Waals surface area contributed by atoms with Gasteiger partial charge in [-0.15, -0.1) is 11.3 Å². The summed E-state index contributed by atoms with van der Waals surface area (Å²) in [6, 6.07) is 9.77. The van der Waals surface area contributed by atoms with E-state index in [0.717, 1.165) is 30.6 Å². The summed E-state index contributed by atoms with van der Waals surface area (Å²) in [7, 11) is -3.61. The summed E-state index contributed by atoms with van der Waals surface area (Å²) in [4.78, 5) is 12.3. The summed E-state index contributed by atoms with van der Waals surface area (Å²) in [5, 5.41) is 4.62. The number of benzene rings is 1. The topological polar surface area (TPSA) is 75.3 Å². The van der Waals surface area contributed by atoms with Crippen molar-refractivity contribution in [3.05, 3.63) is 59.0 Å². The second-order valence-electron chi connectivity index (χ2n) is 6.23. The molecule has 0 bridgehead atoms. The first-order valence-corrected chi connectivity index (χ1v) is 11.0. The molecule has 138 valence electrons. The highest BCUT2D eigenvalue weighted by Gasteiger charge is 2.16. The van der Waals surface area contributed by atoms with Gasteiger partial charge in [0.2, 0.25) is 0 Å². The molecule has 0 unspecified atom stereocenters. The van der Waals surface area contributed by atoms with Crippen LogP contribution in [-0.2, 0) is 10.0 Å². The van der Waals surface area contributed by atoms with Crippen LogP contribution in [0.25, 0.3) is 0 Å². The monoisotopic (exact) mass is 390 g/mol. The Kier molecular flexibility index (Phi) is 6.11. The molecule has 1 aromatic heterocycles. The average Bonchev–Trinajstić information content (AvgIpc) is 3.18. The van der Waals surface area contributed by atoms with E-state index in [9.17, 15) is 13.2 Å². The predicted octanol–water partition coefficient (Wildman–Crippen LogP) is 4.17. The van der Waals surface area contributed by atoms with Crippen LogP contribution in [0.1, 0.15) is 42.5 Å². The Morgan fingerprint density at radius 3 is 2.77 bits per heavy atom. The van der Waals surface area contributed by atoms with Crippen LogP contribution in [0.15, 0.2) is 57.6 Å². The standard InChI is InChI=1S/C19H22N2O3S2/c22-19(20-12-11-15-6-2-1-3-7-15)16-8-4-9-17(14-16)21-26(23,24)18-10-5-13-25-18/h4-6,8-10,13-14,21H,1-3,7,11-12H2,(H,20,22). The maximum absolute atomic E-state index is 12.3. The lowest BCUT2D eigenvalue weighted by atomic mass is 9.97. The summed E-state index contributed by atoms with van der Waals surface area (Å²) in [6.07, 6.45) is 7.88. The second-order valence-corrected chi connectivity index (χ2v) is 9.09. The zero-order chi connectivity index (χ0) is 18.4. The first-order valence-electron chi connectivity index (χ1n) is 8.67. The number of amides is 1. The quantitative estimate of drug-likeness (QED) is 0.697. The normalized spacial score (nSPS) is 14.5. The number of hydrogen-bond acceptors (Lipinski definition) is 4. The third kappa shape index (κ3) is 4.95. The van der Waals surface area contributed by atoms with Crippen LogP contribution in [0, 0.1) is 0 Å². The van der Waals surface area contributed by atoms with Gasteiger partial charge in [0, 0.05) is 17.8 Å². The summed E-state index contributed by atoms with van der Waals surface area (Å²) >= 11 is 1.15. The zero-order valence-electron chi connectivity index (χ0n) is 14.4. The number of carbonyl (C=O) groups is 1. The van der Waals surface area contributed by atoms with Crippen LogP contribution in [0.2, 0.25) is 0 Å². The first kappa shape index (κ1) is 18.7. The van der Waals surface area contributed by atoms with E-state index in [1.165, 1.54) is 18.4 Å². The molecule has 0 radical (unpaired) electrons. The van der Waals surface area contributed by atoms with Gasteiger partial charge < -0.3 is 5.32 Å². The molecule has 2 N–H and O–H groups in total. The minimum atomic E-state index is -3.61. The number of anilines is 1. The van der Waals surface area contributed by atoms with Gasteiger partial charge in [-0.05, 0) is 61.7 Å². The molecule has 5 nitrogen and oxygen atoms in total. The largest absolute Gasteiger partial charge is 0.352 e. The smallest absolute Gasteiger partial charge is 0.271 e. The maximum Gasteiger partial charge on any atom is 0.271 e. The molecule has 0 fully saturated rings. The van der Waals surface area contributed by atoms with Gasteiger partial charge in [-0.25, -0.2) is 8.42 Å². The number of sulfonamides is 1. The van der Waals surface area contributed by atoms with Crippen LogP contribution in [0.3, 0.4) is 0 Å². The summed E-state index contributed by atoms with van der Waals surface area (Å²) < 4.78 is 27.3. The Labute approximate surface area is 158 Å². The van der Waals surface area contributed by atoms with Gasteiger partial charge in [-0.2, -0.15) is 0 Å². The highest BCUT2D eigenvalue weighted by Crippen LogP contribution is 2.21. The molecule has 1 amide bonds. The molecule has 26 heavy (non-hydrogen) atoms. The van der Waals surface area contributed by atoms with Gasteiger partial charge in [-0.3, -0.25) is 9.52 Å². The molecular formula is C19H22N2O3S2. The van der Waals surface area contributed by atoms with E-state index in [1.807, 2.05) is 0 Å². The van der Waals surface area contributed by atoms with Crippen molar-refractivity contribution in [2.75, 3.05) is 11.3 Å². The molecule has 0 aliphatic heterocycles. The van der Waals surface area contributed by atoms with Gasteiger partial charge in [0.25, 0.3) is 15.9 Å². The molecule has 1 aromatic carbocycles. The van der Waals surface area contributed by atoms with Crippen LogP contribution >= 0.6 is 11.3 Å². The summed E-state index contributed by atoms with van der Waals surface area (Å²) in [5.74, 6) is -0.196. The Morgan fingerprint density at radius 2 is 2.04 bits per heavy atom. The zero-order valence-corrected chi connectivity index (χ0v) is 16.0. The fourth-order valence-electron chi connectivity index (χ4n) is 2.92. The van der Waals surface area contributed by atoms with E-state index in [2.05, 4.69) is 16.1 Å². The number of carbonyl (C=O) groups excluding carboxylic acids is 1. The van der Waals surface area contributed by atoms with Crippen molar-refractivity contribution in [2.45, 2.75) is 36.3 Å². The number of hydrogen-bond donors (Lipinski definition) is 2. The molecule has 0 saturated heterocycles. The van der Waals surface area contributed by atoms with E-state index in [-0.39, 0.29) is 10.1 Å². The van der Waals surface area contributed by atoms with Crippen molar-refractivity contribution in [3.8, 4) is 0 Å². The highest BCUT2D eigenvalue weighted by molar-refractivity contribution is 7.94. The minimum absolute atomic E-state index is 0.196. The SMILES string of the molecule is O=C(NCCC1=CCCCC1)c1cccc(NS(=O)(=O)c2cccs2)c1. The van der Waals surface area contributed by atoms with Gasteiger partial charge in [0.1, 0.15) is 4.21 Å². The van der Waals surface area contributed by atoms with Crippen molar-refractivity contribution in [2.24, 2.45) is 0 Å². The predicted molar refractivity (Wildman–Crippen MR) is 105 cm³/mol. The van der Waals surface area contributed by atoms with Crippen LogP contribution < -0.4 is 10.0 Å². The molecule has 1 aliphatic rings. The Balaban J connectivity index is 1.59. The molecule has 2 aromatic rings. The number of rotatable bonds is 7. The average molecular weight is 391 g/mol. The second kappa shape index (κ2) is 8.51. The van der Waals surface area contributed by atoms with E-state index in [4.69, 9.17) is 0 Å². The van der Waals surface area contributed by atoms with Crippen molar-refractivity contribution in [1.29, 1.82) is 0 Å². The number of allylic oxidation sites excluding steroid dienone is 1. The molecule has 0 atom stereocenters. The van der Waals surface area contributed by atoms with Crippen LogP contribution in [-0.4, -0.2) is 20.9 Å². The van der Waals surface area contributed by atoms with Gasteiger partial charge in [0.05, 0.1) is 0 Å². The van der Waals surface area contributed by atoms with Crippen molar-refractivity contribution in [1.82, 2.24) is 5.32 Å². The van der Waals surface area contributed by atoms with Crippen LogP contribution in [0.4, 0.5) is 5.69 Å². The van der Waals surface area contributed by atoms with Gasteiger partial charge in [0.15, 0.2) is 0 Å². The summed E-state index contributed by atoms with van der Waals surface area (Å²) in [5.41, 5.74) is 2.23. The molecule has 0 spiro atoms. The molecule has 1 heterocycles. The lowest BCUT2D eigenvalue weighted by Crippen LogP contribution is -2.25. The van der Waals surface area contributed by atoms with Crippen molar-refractivity contribution in [3.63, 3.8) is 0 Å². The van der Waals surface area contributed by atoms with Crippen molar-refractivity contribution < 1.29 is 13.2 Å². The summed E-state index contributed by atoms with van der Waals surface area (Å²) in [6.45, 7) is 0.593. The van der Waals surface area contributed by atoms with E-state index in [1.54, 1.807) is 41.8 Å². The van der Waals surface area contributed by atoms with Gasteiger partial charge in [-0.1, -0.05) is 23.8 Å². The lowest BCUT2D eigenvalue weighted by Gasteiger charge is -2.13. The third-order valence-corrected chi connectivity index (χ3v) is 7.03. The number of thiophene rings is 1. The molecule has 7 heteroatoms. The highest BCUT2D eigenvalue weighted by atomic mass is 32.2. The van der Waals surface area contributed by atoms with E-state index in [0.29, 0.717) is 17.8 Å². The molecular weight excluding hydrogens is 368 g/mol. The minimum Gasteiger partial charge on any atom is -0.352 e. The van der Waals surface area contributed by atoms with E-state index >= 15 is 0 Å². The lowest BCUT2D eigenvalue weighted by molar-refractivity contribution is 0.0954. The fraction of sp³-hybridized carbons (Fsp3) is 0.316. The molecule has 0 saturated carbocycles. The Morgan fingerprint density at radius 1 is 1.15 bits per heavy atom. The Bertz CT molecular complexity index is 887. The first-order chi connectivity index (χ1) is 12.5. The Hall–Kier alpha value is -2.12. The third-order valence-electron chi connectivity index (χ3n) is 4.25. The number of nitrogens with one attached hydrogen (secondary N) is 2. The van der Waals surface area contributed by atoms with E-state index < -0.39 is 10.0 Å². The van der Waals surface area contributed by atoms with Crippen LogP contribution in [0.5, 0.6) is 0 Å². The maximum atomic E-state index is 12.3. The molecule has 3 rings (SSSR count).